The van der Waals surface area contributed by atoms with Crippen LogP contribution in [0, 0.1) is 55.5 Å². The van der Waals surface area contributed by atoms with E-state index in [1.165, 1.54) is 18.1 Å². The number of anilines is 3. The molecular formula is C52H59F9N4. The summed E-state index contributed by atoms with van der Waals surface area (Å²) in [6, 6.07) is 19.0. The van der Waals surface area contributed by atoms with E-state index in [1.807, 2.05) is 19.9 Å². The number of nitrogens with one attached hydrogen (secondary N) is 3. The van der Waals surface area contributed by atoms with Gasteiger partial charge in [0.15, 0.2) is 11.6 Å². The van der Waals surface area contributed by atoms with Crippen molar-refractivity contribution in [2.45, 2.75) is 111 Å². The molecule has 3 N–H and O–H groups in total. The molecule has 13 heteroatoms. The predicted molar refractivity (Wildman–Crippen MR) is 247 cm³/mol. The number of benzene rings is 4. The Morgan fingerprint density at radius 2 is 1.49 bits per heavy atom. The molecule has 5 aromatic rings. The van der Waals surface area contributed by atoms with Crippen molar-refractivity contribution in [2.24, 2.45) is 17.3 Å². The van der Waals surface area contributed by atoms with Crippen LogP contribution < -0.4 is 16.0 Å². The molecule has 2 aliphatic carbocycles. The lowest BCUT2D eigenvalue weighted by Gasteiger charge is -2.48. The first-order valence-corrected chi connectivity index (χ1v) is 21.8. The van der Waals surface area contributed by atoms with Crippen LogP contribution in [0.4, 0.5) is 56.6 Å². The Hall–Kier alpha value is -5.46. The topological polar surface area (TPSA) is 49.0 Å². The standard InChI is InChI=1S/C26H29F5N2.C25H29FN2.CHF3/c1-6-8-10-17-20(32-5)11-9-12-21(17)33-24-18-13-19(27)23(28)15(3)22(18)16(7-2)14-25(24,4)26(29,30)31;1-14(2)20-13-15(3)25(19-11-12-21(26)17(5)24(19)20)28-23-8-6-7-22-18(23)10-9-16(4)27-22;2-1(3)4/h6,8-13,16,24,32-33H,1,7,14H2,2-5H3;6-12,14-15,20,25,28H,13H2,1-5H3;1H/b10-8-;;/t16-,24?,25?;;/m1../s1. The van der Waals surface area contributed by atoms with Gasteiger partial charge >= 0.3 is 12.9 Å². The molecule has 0 spiro atoms. The van der Waals surface area contributed by atoms with Gasteiger partial charge in [0.05, 0.1) is 23.0 Å². The van der Waals surface area contributed by atoms with Crippen molar-refractivity contribution < 1.29 is 39.5 Å². The molecule has 4 nitrogen and oxygen atoms in total. The molecule has 1 heterocycles. The molecule has 1 aromatic heterocycles. The highest BCUT2D eigenvalue weighted by Gasteiger charge is 2.60. The molecule has 0 amide bonds. The van der Waals surface area contributed by atoms with E-state index in [9.17, 15) is 39.5 Å². The highest BCUT2D eigenvalue weighted by atomic mass is 19.4. The van der Waals surface area contributed by atoms with Gasteiger partial charge in [-0.3, -0.25) is 4.98 Å². The molecule has 0 saturated heterocycles. The maximum Gasteiger partial charge on any atom is 0.396 e. The van der Waals surface area contributed by atoms with Crippen molar-refractivity contribution in [3.05, 3.63) is 148 Å². The number of hydrogen-bond donors (Lipinski definition) is 3. The molecule has 6 atom stereocenters. The zero-order valence-corrected chi connectivity index (χ0v) is 38.3. The smallest absolute Gasteiger partial charge is 0.388 e. The highest BCUT2D eigenvalue weighted by Crippen LogP contribution is 2.59. The monoisotopic (exact) mass is 910 g/mol. The first-order valence-electron chi connectivity index (χ1n) is 21.8. The summed E-state index contributed by atoms with van der Waals surface area (Å²) in [6.45, 7) is 15.1. The number of hydrogen-bond acceptors (Lipinski definition) is 4. The van der Waals surface area contributed by atoms with Gasteiger partial charge in [0.1, 0.15) is 5.82 Å². The van der Waals surface area contributed by atoms with E-state index in [2.05, 4.69) is 78.6 Å². The number of alkyl halides is 6. The lowest BCUT2D eigenvalue weighted by atomic mass is 9.62. The van der Waals surface area contributed by atoms with Crippen LogP contribution >= 0.6 is 0 Å². The largest absolute Gasteiger partial charge is 0.396 e. The lowest BCUT2D eigenvalue weighted by molar-refractivity contribution is -0.230. The second-order valence-corrected chi connectivity index (χ2v) is 17.6. The SMILES string of the molecule is C=C/C=C\c1c(NC)cccc1NC1c2cc(F)c(F)c(C)c2[C@H](CC)CC1(C)C(F)(F)F.Cc1ccc2c(NC3c4ccc(F)c(C)c4C(C(C)C)CC3C)cccc2n1.FC(F)F. The number of aromatic nitrogens is 1. The fourth-order valence-corrected chi connectivity index (χ4v) is 9.74. The molecule has 0 aliphatic heterocycles. The third-order valence-electron chi connectivity index (χ3n) is 13.1. The average molecular weight is 911 g/mol. The van der Waals surface area contributed by atoms with Crippen LogP contribution in [0.15, 0.2) is 85.5 Å². The van der Waals surface area contributed by atoms with E-state index >= 15 is 0 Å². The van der Waals surface area contributed by atoms with Crippen molar-refractivity contribution >= 4 is 34.0 Å². The average Bonchev–Trinajstić information content (AvgIpc) is 3.24. The molecule has 2 aliphatic rings. The minimum absolute atomic E-state index is 0.0728. The lowest BCUT2D eigenvalue weighted by Crippen LogP contribution is -2.48. The van der Waals surface area contributed by atoms with Crippen molar-refractivity contribution in [2.75, 3.05) is 23.0 Å². The van der Waals surface area contributed by atoms with Crippen molar-refractivity contribution in [3.8, 4) is 0 Å². The molecule has 65 heavy (non-hydrogen) atoms. The van der Waals surface area contributed by atoms with Crippen LogP contribution in [0.1, 0.15) is 122 Å². The predicted octanol–water partition coefficient (Wildman–Crippen LogP) is 16.2. The fraction of sp³-hybridized carbons (Fsp3) is 0.404. The summed E-state index contributed by atoms with van der Waals surface area (Å²) in [5.74, 6) is -1.43. The normalized spacial score (nSPS) is 21.5. The molecule has 0 radical (unpaired) electrons. The van der Waals surface area contributed by atoms with Crippen molar-refractivity contribution in [1.29, 1.82) is 0 Å². The van der Waals surface area contributed by atoms with Crippen LogP contribution in [0.3, 0.4) is 0 Å². The van der Waals surface area contributed by atoms with Gasteiger partial charge in [-0.1, -0.05) is 70.7 Å². The van der Waals surface area contributed by atoms with Gasteiger partial charge in [-0.15, -0.1) is 0 Å². The Kier molecular flexibility index (Phi) is 16.2. The summed E-state index contributed by atoms with van der Waals surface area (Å²) < 4.78 is 116. The van der Waals surface area contributed by atoms with Crippen molar-refractivity contribution in [1.82, 2.24) is 4.98 Å². The molecule has 350 valence electrons. The molecule has 0 fully saturated rings. The van der Waals surface area contributed by atoms with Crippen LogP contribution in [0.2, 0.25) is 0 Å². The molecule has 5 unspecified atom stereocenters. The zero-order chi connectivity index (χ0) is 48.1. The van der Waals surface area contributed by atoms with E-state index in [0.717, 1.165) is 47.3 Å². The quantitative estimate of drug-likeness (QED) is 0.102. The Labute approximate surface area is 376 Å². The number of aryl methyl sites for hydroxylation is 1. The number of nitrogens with zero attached hydrogens (tertiary/aromatic N) is 1. The van der Waals surface area contributed by atoms with Crippen LogP contribution in [0.5, 0.6) is 0 Å². The Morgan fingerprint density at radius 3 is 2.11 bits per heavy atom. The first-order chi connectivity index (χ1) is 30.6. The van der Waals surface area contributed by atoms with Gasteiger partial charge in [0.2, 0.25) is 0 Å². The van der Waals surface area contributed by atoms with Gasteiger partial charge < -0.3 is 16.0 Å². The number of rotatable bonds is 9. The zero-order valence-electron chi connectivity index (χ0n) is 38.3. The maximum absolute atomic E-state index is 14.6. The number of halogens is 9. The Morgan fingerprint density at radius 1 is 0.846 bits per heavy atom. The van der Waals surface area contributed by atoms with Gasteiger partial charge in [0, 0.05) is 40.8 Å². The van der Waals surface area contributed by atoms with Gasteiger partial charge in [-0.2, -0.15) is 26.3 Å². The Bertz CT molecular complexity index is 2500. The highest BCUT2D eigenvalue weighted by molar-refractivity contribution is 5.91. The number of pyridine rings is 1. The molecule has 0 saturated carbocycles. The van der Waals surface area contributed by atoms with E-state index in [0.29, 0.717) is 46.7 Å². The minimum Gasteiger partial charge on any atom is -0.388 e. The molecule has 4 aromatic carbocycles. The summed E-state index contributed by atoms with van der Waals surface area (Å²) in [5.41, 5.74) is 6.66. The van der Waals surface area contributed by atoms with E-state index in [4.69, 9.17) is 0 Å². The second kappa shape index (κ2) is 20.8. The van der Waals surface area contributed by atoms with E-state index in [1.54, 1.807) is 56.5 Å². The number of allylic oxidation sites excluding steroid dienone is 2. The van der Waals surface area contributed by atoms with E-state index in [-0.39, 0.29) is 29.4 Å². The maximum atomic E-state index is 14.6. The fourth-order valence-electron chi connectivity index (χ4n) is 9.74. The first kappa shape index (κ1) is 50.5. The van der Waals surface area contributed by atoms with Crippen LogP contribution in [-0.2, 0) is 0 Å². The number of fused-ring (bicyclic) bond motifs is 3. The second-order valence-electron chi connectivity index (χ2n) is 17.6. The van der Waals surface area contributed by atoms with Crippen LogP contribution in [-0.4, -0.2) is 24.9 Å². The third-order valence-corrected chi connectivity index (χ3v) is 13.1. The van der Waals surface area contributed by atoms with Crippen LogP contribution in [0.25, 0.3) is 17.0 Å². The van der Waals surface area contributed by atoms with E-state index < -0.39 is 41.9 Å². The molecule has 7 rings (SSSR count). The van der Waals surface area contributed by atoms with Gasteiger partial charge in [0.25, 0.3) is 0 Å². The minimum atomic E-state index is -4.58. The van der Waals surface area contributed by atoms with Gasteiger partial charge in [-0.25, -0.2) is 13.2 Å². The van der Waals surface area contributed by atoms with Crippen molar-refractivity contribution in [3.63, 3.8) is 0 Å². The summed E-state index contributed by atoms with van der Waals surface area (Å²) in [4.78, 5) is 4.66. The third kappa shape index (κ3) is 10.7. The molecular weight excluding hydrogens is 852 g/mol. The summed E-state index contributed by atoms with van der Waals surface area (Å²) in [5, 5.41) is 11.0. The van der Waals surface area contributed by atoms with Gasteiger partial charge in [-0.05, 0) is 153 Å². The summed E-state index contributed by atoms with van der Waals surface area (Å²) in [6.07, 6.45) is 1.64. The Balaban J connectivity index is 0.000000228. The summed E-state index contributed by atoms with van der Waals surface area (Å²) >= 11 is 0. The summed E-state index contributed by atoms with van der Waals surface area (Å²) in [7, 11) is 1.72. The molecule has 0 bridgehead atoms.